The highest BCUT2D eigenvalue weighted by molar-refractivity contribution is 5.96. The summed E-state index contributed by atoms with van der Waals surface area (Å²) in [6, 6.07) is 15.9. The van der Waals surface area contributed by atoms with Gasteiger partial charge < -0.3 is 4.98 Å². The maximum atomic E-state index is 13.4. The molecule has 0 saturated heterocycles. The molecule has 0 aliphatic rings. The summed E-state index contributed by atoms with van der Waals surface area (Å²) in [5, 5.41) is 8.33. The Morgan fingerprint density at radius 1 is 0.839 bits per heavy atom. The SMILES string of the molecule is Fc1ccc(-c2ccnc3nc(-c4n[nH]c5cnc(-c6ccccn6)cc45)[nH]c23)cc1. The first-order valence-corrected chi connectivity index (χ1v) is 9.63. The summed E-state index contributed by atoms with van der Waals surface area (Å²) in [6.45, 7) is 0. The van der Waals surface area contributed by atoms with Crippen molar-refractivity contribution in [1.82, 2.24) is 35.1 Å². The minimum atomic E-state index is -0.278. The number of nitrogens with zero attached hydrogens (tertiary/aromatic N) is 5. The monoisotopic (exact) mass is 407 g/mol. The number of imidazole rings is 1. The fourth-order valence-electron chi connectivity index (χ4n) is 3.64. The summed E-state index contributed by atoms with van der Waals surface area (Å²) >= 11 is 0. The van der Waals surface area contributed by atoms with Crippen molar-refractivity contribution in [3.8, 4) is 34.0 Å². The molecule has 7 nitrogen and oxygen atoms in total. The molecule has 0 saturated carbocycles. The topological polar surface area (TPSA) is 96.0 Å². The molecule has 5 heterocycles. The van der Waals surface area contributed by atoms with Crippen LogP contribution >= 0.6 is 0 Å². The van der Waals surface area contributed by atoms with Crippen molar-refractivity contribution in [2.75, 3.05) is 0 Å². The molecule has 0 aliphatic heterocycles. The number of fused-ring (bicyclic) bond motifs is 2. The maximum absolute atomic E-state index is 13.4. The van der Waals surface area contributed by atoms with Crippen LogP contribution in [0.4, 0.5) is 4.39 Å². The van der Waals surface area contributed by atoms with Crippen molar-refractivity contribution in [3.05, 3.63) is 79.0 Å². The molecule has 0 aliphatic carbocycles. The number of benzene rings is 1. The van der Waals surface area contributed by atoms with Gasteiger partial charge in [0.25, 0.3) is 0 Å². The predicted octanol–water partition coefficient (Wildman–Crippen LogP) is 4.76. The molecule has 0 fully saturated rings. The van der Waals surface area contributed by atoms with Crippen LogP contribution in [-0.2, 0) is 0 Å². The minimum Gasteiger partial charge on any atom is -0.335 e. The minimum absolute atomic E-state index is 0.278. The summed E-state index contributed by atoms with van der Waals surface area (Å²) in [6.07, 6.45) is 5.16. The highest BCUT2D eigenvalue weighted by atomic mass is 19.1. The number of hydrogen-bond acceptors (Lipinski definition) is 5. The fourth-order valence-corrected chi connectivity index (χ4v) is 3.64. The van der Waals surface area contributed by atoms with Gasteiger partial charge >= 0.3 is 0 Å². The number of H-pyrrole nitrogens is 2. The number of nitrogens with one attached hydrogen (secondary N) is 2. The molecule has 8 heteroatoms. The Hall–Kier alpha value is -4.46. The molecular formula is C23H14FN7. The van der Waals surface area contributed by atoms with E-state index in [1.807, 2.05) is 30.3 Å². The molecule has 1 aromatic carbocycles. The molecule has 2 N–H and O–H groups in total. The van der Waals surface area contributed by atoms with E-state index >= 15 is 0 Å². The maximum Gasteiger partial charge on any atom is 0.178 e. The fraction of sp³-hybridized carbons (Fsp3) is 0. The normalized spacial score (nSPS) is 11.4. The second-order valence-corrected chi connectivity index (χ2v) is 7.05. The summed E-state index contributed by atoms with van der Waals surface area (Å²) in [5.41, 5.74) is 6.07. The zero-order chi connectivity index (χ0) is 20.8. The van der Waals surface area contributed by atoms with Crippen molar-refractivity contribution in [2.45, 2.75) is 0 Å². The number of rotatable bonds is 3. The van der Waals surface area contributed by atoms with Crippen LogP contribution in [-0.4, -0.2) is 35.1 Å². The molecule has 6 aromatic rings. The highest BCUT2D eigenvalue weighted by Gasteiger charge is 2.16. The third kappa shape index (κ3) is 2.93. The van der Waals surface area contributed by atoms with Gasteiger partial charge in [-0.25, -0.2) is 14.4 Å². The lowest BCUT2D eigenvalue weighted by Crippen LogP contribution is -1.87. The lowest BCUT2D eigenvalue weighted by atomic mass is 10.1. The van der Waals surface area contributed by atoms with Crippen LogP contribution in [0.15, 0.2) is 73.2 Å². The van der Waals surface area contributed by atoms with Crippen LogP contribution in [0.25, 0.3) is 56.1 Å². The quantitative estimate of drug-likeness (QED) is 0.441. The Kier molecular flexibility index (Phi) is 3.82. The van der Waals surface area contributed by atoms with E-state index in [4.69, 9.17) is 0 Å². The Morgan fingerprint density at radius 3 is 2.58 bits per heavy atom. The molecule has 0 unspecified atom stereocenters. The van der Waals surface area contributed by atoms with Crippen LogP contribution in [0.2, 0.25) is 0 Å². The van der Waals surface area contributed by atoms with Gasteiger partial charge in [0.1, 0.15) is 11.5 Å². The van der Waals surface area contributed by atoms with Crippen LogP contribution in [0.3, 0.4) is 0 Å². The van der Waals surface area contributed by atoms with Gasteiger partial charge in [-0.3, -0.25) is 15.1 Å². The third-order valence-corrected chi connectivity index (χ3v) is 5.15. The van der Waals surface area contributed by atoms with Gasteiger partial charge in [-0.15, -0.1) is 0 Å². The van der Waals surface area contributed by atoms with Crippen molar-refractivity contribution in [1.29, 1.82) is 0 Å². The van der Waals surface area contributed by atoms with Crippen molar-refractivity contribution in [2.24, 2.45) is 0 Å². The zero-order valence-electron chi connectivity index (χ0n) is 16.0. The Balaban J connectivity index is 1.51. The Bertz CT molecular complexity index is 1540. The van der Waals surface area contributed by atoms with Gasteiger partial charge in [-0.2, -0.15) is 5.10 Å². The van der Waals surface area contributed by atoms with E-state index in [2.05, 4.69) is 35.1 Å². The lowest BCUT2D eigenvalue weighted by Gasteiger charge is -2.02. The second-order valence-electron chi connectivity index (χ2n) is 7.05. The van der Waals surface area contributed by atoms with Crippen molar-refractivity contribution >= 4 is 22.1 Å². The van der Waals surface area contributed by atoms with Gasteiger partial charge in [0.15, 0.2) is 11.5 Å². The first kappa shape index (κ1) is 17.4. The van der Waals surface area contributed by atoms with E-state index in [-0.39, 0.29) is 5.82 Å². The average Bonchev–Trinajstić information content (AvgIpc) is 3.43. The Morgan fingerprint density at radius 2 is 1.74 bits per heavy atom. The first-order valence-electron chi connectivity index (χ1n) is 9.63. The van der Waals surface area contributed by atoms with E-state index in [1.54, 1.807) is 30.7 Å². The molecular weight excluding hydrogens is 393 g/mol. The summed E-state index contributed by atoms with van der Waals surface area (Å²) < 4.78 is 13.4. The molecule has 0 bridgehead atoms. The van der Waals surface area contributed by atoms with Crippen molar-refractivity contribution < 1.29 is 4.39 Å². The van der Waals surface area contributed by atoms with E-state index < -0.39 is 0 Å². The van der Waals surface area contributed by atoms with E-state index in [0.717, 1.165) is 38.9 Å². The van der Waals surface area contributed by atoms with Crippen LogP contribution in [0, 0.1) is 5.82 Å². The van der Waals surface area contributed by atoms with Crippen molar-refractivity contribution in [3.63, 3.8) is 0 Å². The first-order chi connectivity index (χ1) is 15.3. The van der Waals surface area contributed by atoms with Gasteiger partial charge in [0.05, 0.1) is 28.6 Å². The molecule has 31 heavy (non-hydrogen) atoms. The molecule has 6 rings (SSSR count). The molecule has 0 atom stereocenters. The standard InChI is InChI=1S/C23H14FN7/c24-14-6-4-13(5-7-14)15-8-10-26-22-20(15)28-23(29-22)21-16-11-18(17-3-1-2-9-25-17)27-12-19(16)30-31-21/h1-12H,(H,30,31)(H,26,28,29). The summed E-state index contributed by atoms with van der Waals surface area (Å²) in [5.74, 6) is 0.307. The molecule has 0 radical (unpaired) electrons. The van der Waals surface area contributed by atoms with E-state index in [0.29, 0.717) is 17.2 Å². The number of hydrogen-bond donors (Lipinski definition) is 2. The molecule has 0 spiro atoms. The van der Waals surface area contributed by atoms with Crippen LogP contribution in [0.5, 0.6) is 0 Å². The van der Waals surface area contributed by atoms with E-state index in [1.165, 1.54) is 12.1 Å². The van der Waals surface area contributed by atoms with Crippen LogP contribution < -0.4 is 0 Å². The number of pyridine rings is 3. The lowest BCUT2D eigenvalue weighted by molar-refractivity contribution is 0.628. The average molecular weight is 407 g/mol. The Labute approximate surface area is 175 Å². The summed E-state index contributed by atoms with van der Waals surface area (Å²) in [4.78, 5) is 21.2. The van der Waals surface area contributed by atoms with Gasteiger partial charge in [0.2, 0.25) is 0 Å². The summed E-state index contributed by atoms with van der Waals surface area (Å²) in [7, 11) is 0. The number of aromatic amines is 2. The molecule has 148 valence electrons. The van der Waals surface area contributed by atoms with Crippen LogP contribution in [0.1, 0.15) is 0 Å². The van der Waals surface area contributed by atoms with E-state index in [9.17, 15) is 4.39 Å². The number of halogens is 1. The largest absolute Gasteiger partial charge is 0.335 e. The second kappa shape index (κ2) is 6.81. The number of aromatic nitrogens is 7. The van der Waals surface area contributed by atoms with Gasteiger partial charge in [0, 0.05) is 23.3 Å². The highest BCUT2D eigenvalue weighted by Crippen LogP contribution is 2.31. The smallest absolute Gasteiger partial charge is 0.178 e. The molecule has 0 amide bonds. The zero-order valence-corrected chi connectivity index (χ0v) is 16.0. The third-order valence-electron chi connectivity index (χ3n) is 5.15. The predicted molar refractivity (Wildman–Crippen MR) is 115 cm³/mol. The molecule has 5 aromatic heterocycles. The van der Waals surface area contributed by atoms with Gasteiger partial charge in [-0.05, 0) is 42.0 Å². The van der Waals surface area contributed by atoms with Gasteiger partial charge in [-0.1, -0.05) is 18.2 Å².